The number of hydrogen-bond acceptors (Lipinski definition) is 5. The average molecular weight is 353 g/mol. The standard InChI is InChI=1S/C13H24N4O3S.ClH/c1-13(2,3)21(19,20)7-6-15-12(18)11(14-4)10-8-16-17(5)9-10;/h8-9,11,14H,6-7H2,1-5H3,(H,15,18);1H. The van der Waals surface area contributed by atoms with Gasteiger partial charge in [0.15, 0.2) is 9.84 Å². The lowest BCUT2D eigenvalue weighted by Gasteiger charge is -2.20. The maximum atomic E-state index is 12.1. The third kappa shape index (κ3) is 5.26. The van der Waals surface area contributed by atoms with Crippen molar-refractivity contribution in [3.05, 3.63) is 18.0 Å². The van der Waals surface area contributed by atoms with Crippen molar-refractivity contribution in [2.45, 2.75) is 31.6 Å². The molecule has 0 spiro atoms. The molecule has 0 fully saturated rings. The van der Waals surface area contributed by atoms with Crippen molar-refractivity contribution in [2.24, 2.45) is 7.05 Å². The van der Waals surface area contributed by atoms with Gasteiger partial charge in [-0.3, -0.25) is 9.48 Å². The smallest absolute Gasteiger partial charge is 0.241 e. The largest absolute Gasteiger partial charge is 0.353 e. The molecule has 1 amide bonds. The summed E-state index contributed by atoms with van der Waals surface area (Å²) in [4.78, 5) is 12.1. The summed E-state index contributed by atoms with van der Waals surface area (Å²) in [5, 5.41) is 9.57. The zero-order chi connectivity index (χ0) is 16.3. The lowest BCUT2D eigenvalue weighted by atomic mass is 10.1. The summed E-state index contributed by atoms with van der Waals surface area (Å²) in [5.74, 6) is -0.347. The van der Waals surface area contributed by atoms with Crippen LogP contribution >= 0.6 is 12.4 Å². The summed E-state index contributed by atoms with van der Waals surface area (Å²) >= 11 is 0. The molecular formula is C13H25ClN4O3S. The van der Waals surface area contributed by atoms with Gasteiger partial charge in [0.2, 0.25) is 5.91 Å². The number of aryl methyl sites for hydroxylation is 1. The number of carbonyl (C=O) groups excluding carboxylic acids is 1. The van der Waals surface area contributed by atoms with E-state index in [0.717, 1.165) is 5.56 Å². The number of aromatic nitrogens is 2. The van der Waals surface area contributed by atoms with E-state index in [2.05, 4.69) is 15.7 Å². The van der Waals surface area contributed by atoms with Crippen LogP contribution in [0.3, 0.4) is 0 Å². The van der Waals surface area contributed by atoms with Gasteiger partial charge >= 0.3 is 0 Å². The number of carbonyl (C=O) groups is 1. The third-order valence-corrected chi connectivity index (χ3v) is 5.82. The Morgan fingerprint density at radius 2 is 2.00 bits per heavy atom. The molecule has 0 saturated heterocycles. The monoisotopic (exact) mass is 352 g/mol. The summed E-state index contributed by atoms with van der Waals surface area (Å²) in [6.45, 7) is 5.04. The minimum Gasteiger partial charge on any atom is -0.353 e. The van der Waals surface area contributed by atoms with Crippen LogP contribution in [0.1, 0.15) is 32.4 Å². The molecule has 7 nitrogen and oxygen atoms in total. The molecule has 1 heterocycles. The van der Waals surface area contributed by atoms with E-state index in [1.165, 1.54) is 0 Å². The van der Waals surface area contributed by atoms with Crippen LogP contribution in [-0.4, -0.2) is 48.2 Å². The Morgan fingerprint density at radius 1 is 1.41 bits per heavy atom. The fourth-order valence-electron chi connectivity index (χ4n) is 1.76. The van der Waals surface area contributed by atoms with Crippen LogP contribution in [0.4, 0.5) is 0 Å². The molecule has 1 rings (SSSR count). The zero-order valence-electron chi connectivity index (χ0n) is 13.6. The van der Waals surface area contributed by atoms with Crippen LogP contribution in [0.2, 0.25) is 0 Å². The maximum absolute atomic E-state index is 12.1. The number of halogens is 1. The van der Waals surface area contributed by atoms with Crippen LogP contribution in [0.25, 0.3) is 0 Å². The van der Waals surface area contributed by atoms with Crippen LogP contribution < -0.4 is 10.6 Å². The second-order valence-electron chi connectivity index (χ2n) is 5.89. The minimum absolute atomic E-state index is 0. The van der Waals surface area contributed by atoms with E-state index in [1.807, 2.05) is 0 Å². The Bertz CT molecular complexity index is 593. The number of nitrogens with one attached hydrogen (secondary N) is 2. The first-order chi connectivity index (χ1) is 9.58. The number of likely N-dealkylation sites (N-methyl/N-ethyl adjacent to an activating group) is 1. The lowest BCUT2D eigenvalue weighted by Crippen LogP contribution is -2.40. The fourth-order valence-corrected chi connectivity index (χ4v) is 2.74. The first kappa shape index (κ1) is 20.9. The summed E-state index contributed by atoms with van der Waals surface area (Å²) < 4.78 is 24.7. The lowest BCUT2D eigenvalue weighted by molar-refractivity contribution is -0.123. The van der Waals surface area contributed by atoms with E-state index in [4.69, 9.17) is 0 Å². The van der Waals surface area contributed by atoms with Gasteiger partial charge in [-0.2, -0.15) is 5.10 Å². The SMILES string of the molecule is CNC(C(=O)NCCS(=O)(=O)C(C)(C)C)c1cnn(C)c1.Cl. The maximum Gasteiger partial charge on any atom is 0.241 e. The van der Waals surface area contributed by atoms with Crippen molar-refractivity contribution in [1.82, 2.24) is 20.4 Å². The van der Waals surface area contributed by atoms with Crippen molar-refractivity contribution in [3.63, 3.8) is 0 Å². The number of hydrogen-bond donors (Lipinski definition) is 2. The fraction of sp³-hybridized carbons (Fsp3) is 0.692. The van der Waals surface area contributed by atoms with Crippen molar-refractivity contribution in [3.8, 4) is 0 Å². The van der Waals surface area contributed by atoms with Crippen LogP contribution in [0.5, 0.6) is 0 Å². The highest BCUT2D eigenvalue weighted by atomic mass is 35.5. The molecule has 1 aromatic heterocycles. The Kier molecular flexibility index (Phi) is 7.53. The van der Waals surface area contributed by atoms with E-state index in [9.17, 15) is 13.2 Å². The summed E-state index contributed by atoms with van der Waals surface area (Å²) in [7, 11) is 0.200. The number of amides is 1. The number of sulfone groups is 1. The second-order valence-corrected chi connectivity index (χ2v) is 8.75. The molecular weight excluding hydrogens is 328 g/mol. The molecule has 1 aromatic rings. The van der Waals surface area contributed by atoms with Crippen molar-refractivity contribution < 1.29 is 13.2 Å². The quantitative estimate of drug-likeness (QED) is 0.774. The van der Waals surface area contributed by atoms with Crippen molar-refractivity contribution in [1.29, 1.82) is 0 Å². The minimum atomic E-state index is -3.24. The van der Waals surface area contributed by atoms with Gasteiger partial charge in [-0.15, -0.1) is 12.4 Å². The van der Waals surface area contributed by atoms with Gasteiger partial charge in [0.25, 0.3) is 0 Å². The first-order valence-corrected chi connectivity index (χ1v) is 8.39. The van der Waals surface area contributed by atoms with Crippen LogP contribution in [0, 0.1) is 0 Å². The van der Waals surface area contributed by atoms with E-state index >= 15 is 0 Å². The topological polar surface area (TPSA) is 93.1 Å². The molecule has 0 aliphatic rings. The van der Waals surface area contributed by atoms with Gasteiger partial charge in [0.1, 0.15) is 6.04 Å². The average Bonchev–Trinajstić information content (AvgIpc) is 2.75. The van der Waals surface area contributed by atoms with Gasteiger partial charge in [-0.05, 0) is 27.8 Å². The molecule has 0 bridgehead atoms. The van der Waals surface area contributed by atoms with E-state index < -0.39 is 20.6 Å². The number of nitrogens with zero attached hydrogens (tertiary/aromatic N) is 2. The molecule has 1 unspecified atom stereocenters. The second kappa shape index (κ2) is 7.94. The van der Waals surface area contributed by atoms with Gasteiger partial charge in [-0.25, -0.2) is 8.42 Å². The molecule has 0 saturated carbocycles. The van der Waals surface area contributed by atoms with E-state index in [1.54, 1.807) is 51.9 Å². The molecule has 128 valence electrons. The Morgan fingerprint density at radius 3 is 2.41 bits per heavy atom. The summed E-state index contributed by atoms with van der Waals surface area (Å²) in [6.07, 6.45) is 3.35. The van der Waals surface area contributed by atoms with E-state index in [0.29, 0.717) is 0 Å². The predicted molar refractivity (Wildman–Crippen MR) is 88.8 cm³/mol. The molecule has 1 atom stereocenters. The summed E-state index contributed by atoms with van der Waals surface area (Å²) in [6, 6.07) is -0.545. The Hall–Kier alpha value is -1.12. The highest BCUT2D eigenvalue weighted by Crippen LogP contribution is 2.15. The molecule has 22 heavy (non-hydrogen) atoms. The van der Waals surface area contributed by atoms with E-state index in [-0.39, 0.29) is 30.6 Å². The highest BCUT2D eigenvalue weighted by Gasteiger charge is 2.29. The Labute approximate surface area is 138 Å². The number of rotatable bonds is 6. The van der Waals surface area contributed by atoms with Gasteiger partial charge in [0.05, 0.1) is 16.7 Å². The normalized spacial score (nSPS) is 13.3. The molecule has 0 aromatic carbocycles. The summed E-state index contributed by atoms with van der Waals surface area (Å²) in [5.41, 5.74) is 0.733. The molecule has 0 aliphatic heterocycles. The zero-order valence-corrected chi connectivity index (χ0v) is 15.2. The molecule has 2 N–H and O–H groups in total. The van der Waals surface area contributed by atoms with Crippen molar-refractivity contribution >= 4 is 28.2 Å². The third-order valence-electron chi connectivity index (χ3n) is 3.21. The molecule has 0 radical (unpaired) electrons. The van der Waals surface area contributed by atoms with Crippen molar-refractivity contribution in [2.75, 3.05) is 19.3 Å². The Balaban J connectivity index is 0.00000441. The van der Waals surface area contributed by atoms with Gasteiger partial charge in [0, 0.05) is 25.4 Å². The first-order valence-electron chi connectivity index (χ1n) is 6.74. The van der Waals surface area contributed by atoms with Crippen LogP contribution in [0.15, 0.2) is 12.4 Å². The molecule has 9 heteroatoms. The highest BCUT2D eigenvalue weighted by molar-refractivity contribution is 7.92. The predicted octanol–water partition coefficient (Wildman–Crippen LogP) is 0.432. The van der Waals surface area contributed by atoms with Gasteiger partial charge in [-0.1, -0.05) is 0 Å². The van der Waals surface area contributed by atoms with Gasteiger partial charge < -0.3 is 10.6 Å². The van der Waals surface area contributed by atoms with Crippen LogP contribution in [-0.2, 0) is 21.7 Å². The molecule has 0 aliphatic carbocycles.